The number of ether oxygens (including phenoxy) is 2. The van der Waals surface area contributed by atoms with Gasteiger partial charge in [0.15, 0.2) is 11.5 Å². The fourth-order valence-corrected chi connectivity index (χ4v) is 5.19. The molecule has 1 aliphatic carbocycles. The van der Waals surface area contributed by atoms with Gasteiger partial charge < -0.3 is 19.7 Å². The highest BCUT2D eigenvalue weighted by Crippen LogP contribution is 2.30. The van der Waals surface area contributed by atoms with Gasteiger partial charge >= 0.3 is 0 Å². The van der Waals surface area contributed by atoms with Crippen LogP contribution in [-0.4, -0.2) is 37.5 Å². The SMILES string of the molecule is COc1ccc(CC(=O)N(Cc2ccc(Cl)cc2)[C@H](C(=O)NCCC2=CCCCC2)c2ccccc2)cc1OC. The Balaban J connectivity index is 1.63. The van der Waals surface area contributed by atoms with Gasteiger partial charge in [0.05, 0.1) is 20.6 Å². The van der Waals surface area contributed by atoms with E-state index in [9.17, 15) is 9.59 Å². The number of carbonyl (C=O) groups excluding carboxylic acids is 2. The Morgan fingerprint density at radius 3 is 2.33 bits per heavy atom. The van der Waals surface area contributed by atoms with Gasteiger partial charge in [-0.3, -0.25) is 9.59 Å². The molecule has 0 fully saturated rings. The second kappa shape index (κ2) is 14.6. The summed E-state index contributed by atoms with van der Waals surface area (Å²) in [4.78, 5) is 29.5. The molecule has 0 bridgehead atoms. The van der Waals surface area contributed by atoms with Gasteiger partial charge in [0.1, 0.15) is 6.04 Å². The first kappa shape index (κ1) is 29.2. The number of nitrogens with zero attached hydrogens (tertiary/aromatic N) is 1. The van der Waals surface area contributed by atoms with Crippen LogP contribution in [0.3, 0.4) is 0 Å². The lowest BCUT2D eigenvalue weighted by Crippen LogP contribution is -2.44. The Morgan fingerprint density at radius 1 is 0.925 bits per heavy atom. The normalized spacial score (nSPS) is 13.6. The highest BCUT2D eigenvalue weighted by Gasteiger charge is 2.31. The van der Waals surface area contributed by atoms with Crippen molar-refractivity contribution < 1.29 is 19.1 Å². The van der Waals surface area contributed by atoms with Gasteiger partial charge in [0, 0.05) is 18.1 Å². The second-order valence-corrected chi connectivity index (χ2v) is 10.4. The van der Waals surface area contributed by atoms with Crippen LogP contribution in [0.25, 0.3) is 0 Å². The fraction of sp³-hybridized carbons (Fsp3) is 0.333. The molecule has 2 amide bonds. The number of methoxy groups -OCH3 is 2. The average molecular weight is 561 g/mol. The van der Waals surface area contributed by atoms with Crippen molar-refractivity contribution in [3.63, 3.8) is 0 Å². The maximum atomic E-state index is 14.0. The van der Waals surface area contributed by atoms with E-state index in [0.29, 0.717) is 23.1 Å². The zero-order valence-corrected chi connectivity index (χ0v) is 24.0. The second-order valence-electron chi connectivity index (χ2n) is 9.98. The average Bonchev–Trinajstić information content (AvgIpc) is 2.99. The number of hydrogen-bond donors (Lipinski definition) is 1. The molecule has 210 valence electrons. The molecule has 1 N–H and O–H groups in total. The summed E-state index contributed by atoms with van der Waals surface area (Å²) in [5.41, 5.74) is 3.79. The van der Waals surface area contributed by atoms with Crippen molar-refractivity contribution in [2.75, 3.05) is 20.8 Å². The molecule has 1 atom stereocenters. The van der Waals surface area contributed by atoms with Crippen LogP contribution in [0.2, 0.25) is 5.02 Å². The van der Waals surface area contributed by atoms with Crippen molar-refractivity contribution in [2.24, 2.45) is 0 Å². The molecule has 0 radical (unpaired) electrons. The van der Waals surface area contributed by atoms with Crippen molar-refractivity contribution in [3.8, 4) is 11.5 Å². The van der Waals surface area contributed by atoms with Gasteiger partial charge in [-0.15, -0.1) is 0 Å². The van der Waals surface area contributed by atoms with Crippen LogP contribution in [0.4, 0.5) is 0 Å². The number of allylic oxidation sites excluding steroid dienone is 1. The number of halogens is 1. The number of nitrogens with one attached hydrogen (secondary N) is 1. The van der Waals surface area contributed by atoms with E-state index in [4.69, 9.17) is 21.1 Å². The molecule has 40 heavy (non-hydrogen) atoms. The zero-order valence-electron chi connectivity index (χ0n) is 23.2. The third kappa shape index (κ3) is 7.89. The molecular weight excluding hydrogens is 524 g/mol. The van der Waals surface area contributed by atoms with Gasteiger partial charge in [0.25, 0.3) is 0 Å². The number of carbonyl (C=O) groups is 2. The minimum absolute atomic E-state index is 0.0947. The van der Waals surface area contributed by atoms with Crippen LogP contribution in [0.5, 0.6) is 11.5 Å². The summed E-state index contributed by atoms with van der Waals surface area (Å²) < 4.78 is 10.8. The van der Waals surface area contributed by atoms with Gasteiger partial charge in [-0.25, -0.2) is 0 Å². The van der Waals surface area contributed by atoms with E-state index >= 15 is 0 Å². The zero-order chi connectivity index (χ0) is 28.3. The van der Waals surface area contributed by atoms with Crippen molar-refractivity contribution in [3.05, 3.63) is 106 Å². The first-order valence-corrected chi connectivity index (χ1v) is 14.1. The van der Waals surface area contributed by atoms with Crippen molar-refractivity contribution in [1.82, 2.24) is 10.2 Å². The molecule has 7 heteroatoms. The molecule has 0 aliphatic heterocycles. The summed E-state index contributed by atoms with van der Waals surface area (Å²) in [7, 11) is 3.14. The standard InChI is InChI=1S/C33H37ClN2O4/c1-39-29-18-15-26(21-30(29)40-2)22-31(37)36(23-25-13-16-28(34)17-14-25)32(27-11-7-4-8-12-27)33(38)35-20-19-24-9-5-3-6-10-24/h4,7-9,11-18,21,32H,3,5-6,10,19-20,22-23H2,1-2H3,(H,35,38)/t32-/m0/s1. The number of benzene rings is 3. The van der Waals surface area contributed by atoms with Crippen LogP contribution in [0, 0.1) is 0 Å². The quantitative estimate of drug-likeness (QED) is 0.251. The number of hydrogen-bond acceptors (Lipinski definition) is 4. The van der Waals surface area contributed by atoms with Gasteiger partial charge in [-0.1, -0.05) is 71.8 Å². The summed E-state index contributed by atoms with van der Waals surface area (Å²) in [5, 5.41) is 3.74. The van der Waals surface area contributed by atoms with Crippen molar-refractivity contribution >= 4 is 23.4 Å². The molecule has 0 heterocycles. The van der Waals surface area contributed by atoms with E-state index in [1.54, 1.807) is 43.4 Å². The fourth-order valence-electron chi connectivity index (χ4n) is 5.06. The molecule has 0 unspecified atom stereocenters. The third-order valence-electron chi connectivity index (χ3n) is 7.20. The summed E-state index contributed by atoms with van der Waals surface area (Å²) >= 11 is 6.13. The van der Waals surface area contributed by atoms with E-state index in [2.05, 4.69) is 11.4 Å². The number of rotatable bonds is 12. The molecule has 3 aromatic carbocycles. The lowest BCUT2D eigenvalue weighted by Gasteiger charge is -2.32. The lowest BCUT2D eigenvalue weighted by atomic mass is 9.97. The highest BCUT2D eigenvalue weighted by atomic mass is 35.5. The highest BCUT2D eigenvalue weighted by molar-refractivity contribution is 6.30. The molecule has 0 saturated heterocycles. The van der Waals surface area contributed by atoms with Gasteiger partial charge in [0.2, 0.25) is 11.8 Å². The smallest absolute Gasteiger partial charge is 0.247 e. The Kier molecular flexibility index (Phi) is 10.6. The van der Waals surface area contributed by atoms with E-state index in [0.717, 1.165) is 36.0 Å². The van der Waals surface area contributed by atoms with Crippen molar-refractivity contribution in [1.29, 1.82) is 0 Å². The topological polar surface area (TPSA) is 67.9 Å². The van der Waals surface area contributed by atoms with Crippen molar-refractivity contribution in [2.45, 2.75) is 51.1 Å². The Bertz CT molecular complexity index is 1310. The minimum atomic E-state index is -0.801. The molecule has 1 aliphatic rings. The van der Waals surface area contributed by atoms with Crippen LogP contribution in [-0.2, 0) is 22.6 Å². The summed E-state index contributed by atoms with van der Waals surface area (Å²) in [6, 6.07) is 21.5. The van der Waals surface area contributed by atoms with Gasteiger partial charge in [-0.2, -0.15) is 0 Å². The Morgan fingerprint density at radius 2 is 1.65 bits per heavy atom. The summed E-state index contributed by atoms with van der Waals surface area (Å²) in [6.07, 6.45) is 7.84. The predicted octanol–water partition coefficient (Wildman–Crippen LogP) is 6.68. The predicted molar refractivity (Wildman–Crippen MR) is 159 cm³/mol. The molecule has 6 nitrogen and oxygen atoms in total. The third-order valence-corrected chi connectivity index (χ3v) is 7.45. The van der Waals surface area contributed by atoms with Crippen LogP contribution in [0.1, 0.15) is 54.8 Å². The molecular formula is C33H37ClN2O4. The van der Waals surface area contributed by atoms with E-state index in [-0.39, 0.29) is 24.8 Å². The minimum Gasteiger partial charge on any atom is -0.493 e. The molecule has 0 saturated carbocycles. The van der Waals surface area contributed by atoms with Gasteiger partial charge in [-0.05, 0) is 73.1 Å². The largest absolute Gasteiger partial charge is 0.493 e. The monoisotopic (exact) mass is 560 g/mol. The van der Waals surface area contributed by atoms with E-state index in [1.165, 1.54) is 18.4 Å². The maximum absolute atomic E-state index is 14.0. The molecule has 4 rings (SSSR count). The molecule has 0 spiro atoms. The van der Waals surface area contributed by atoms with E-state index in [1.807, 2.05) is 48.5 Å². The summed E-state index contributed by atoms with van der Waals surface area (Å²) in [5.74, 6) is 0.760. The Labute approximate surface area is 241 Å². The first-order valence-electron chi connectivity index (χ1n) is 13.7. The summed E-state index contributed by atoms with van der Waals surface area (Å²) in [6.45, 7) is 0.786. The molecule has 3 aromatic rings. The maximum Gasteiger partial charge on any atom is 0.247 e. The first-order chi connectivity index (χ1) is 19.5. The van der Waals surface area contributed by atoms with Crippen LogP contribution in [0.15, 0.2) is 84.4 Å². The Hall–Kier alpha value is -3.77. The lowest BCUT2D eigenvalue weighted by molar-refractivity contribution is -0.141. The van der Waals surface area contributed by atoms with Crippen LogP contribution < -0.4 is 14.8 Å². The molecule has 0 aromatic heterocycles. The number of amides is 2. The van der Waals surface area contributed by atoms with E-state index < -0.39 is 6.04 Å². The van der Waals surface area contributed by atoms with Crippen LogP contribution >= 0.6 is 11.6 Å².